The second kappa shape index (κ2) is 5.87. The molecular formula is C17H16FN3. The largest absolute Gasteiger partial charge is 0.368 e. The molecule has 0 spiro atoms. The minimum atomic E-state index is -0.167. The first kappa shape index (κ1) is 13.5. The highest BCUT2D eigenvalue weighted by molar-refractivity contribution is 5.92. The summed E-state index contributed by atoms with van der Waals surface area (Å²) in [6.07, 6.45) is 0.608. The van der Waals surface area contributed by atoms with Gasteiger partial charge in [0.25, 0.3) is 0 Å². The van der Waals surface area contributed by atoms with Gasteiger partial charge >= 0.3 is 0 Å². The van der Waals surface area contributed by atoms with Gasteiger partial charge in [-0.25, -0.2) is 4.39 Å². The average molecular weight is 281 g/mol. The van der Waals surface area contributed by atoms with Crippen molar-refractivity contribution < 1.29 is 4.39 Å². The summed E-state index contributed by atoms with van der Waals surface area (Å²) in [5.74, 6) is 0.576. The number of fused-ring (bicyclic) bond motifs is 1. The Balaban J connectivity index is 1.77. The average Bonchev–Trinajstić information content (AvgIpc) is 2.52. The van der Waals surface area contributed by atoms with Gasteiger partial charge in [0.15, 0.2) is 5.82 Å². The predicted octanol–water partition coefficient (Wildman–Crippen LogP) is 3.73. The molecule has 4 heteroatoms. The monoisotopic (exact) mass is 281 g/mol. The van der Waals surface area contributed by atoms with Crippen molar-refractivity contribution in [1.29, 1.82) is 0 Å². The second-order valence-electron chi connectivity index (χ2n) is 4.95. The summed E-state index contributed by atoms with van der Waals surface area (Å²) in [6.45, 7) is 2.56. The van der Waals surface area contributed by atoms with E-state index in [4.69, 9.17) is 0 Å². The number of hydrogen-bond acceptors (Lipinski definition) is 3. The van der Waals surface area contributed by atoms with Gasteiger partial charge in [0.05, 0.1) is 5.69 Å². The lowest BCUT2D eigenvalue weighted by atomic mass is 10.1. The van der Waals surface area contributed by atoms with Crippen LogP contribution in [0.3, 0.4) is 0 Å². The first-order valence-corrected chi connectivity index (χ1v) is 6.95. The molecule has 0 aliphatic rings. The number of benzene rings is 2. The van der Waals surface area contributed by atoms with E-state index in [1.54, 1.807) is 12.1 Å². The molecule has 0 radical (unpaired) electrons. The first-order chi connectivity index (χ1) is 10.3. The van der Waals surface area contributed by atoms with Crippen molar-refractivity contribution in [2.45, 2.75) is 13.3 Å². The van der Waals surface area contributed by atoms with Crippen molar-refractivity contribution in [3.8, 4) is 0 Å². The fraction of sp³-hybridized carbons (Fsp3) is 0.176. The van der Waals surface area contributed by atoms with Crippen LogP contribution in [0.15, 0.2) is 48.5 Å². The summed E-state index contributed by atoms with van der Waals surface area (Å²) in [7, 11) is 0. The van der Waals surface area contributed by atoms with E-state index in [2.05, 4.69) is 15.5 Å². The molecule has 0 unspecified atom stereocenters. The minimum Gasteiger partial charge on any atom is -0.368 e. The molecule has 0 saturated heterocycles. The number of aromatic nitrogens is 2. The summed E-state index contributed by atoms with van der Waals surface area (Å²) in [4.78, 5) is 0. The SMILES string of the molecule is Cc1nnc(NCCc2ccccc2F)c2ccccc12. The number of rotatable bonds is 4. The van der Waals surface area contributed by atoms with E-state index >= 15 is 0 Å². The molecule has 2 aromatic carbocycles. The fourth-order valence-electron chi connectivity index (χ4n) is 2.39. The molecule has 0 aliphatic carbocycles. The van der Waals surface area contributed by atoms with E-state index in [0.29, 0.717) is 18.5 Å². The number of nitrogens with zero attached hydrogens (tertiary/aromatic N) is 2. The molecule has 1 N–H and O–H groups in total. The molecule has 0 fully saturated rings. The Morgan fingerprint density at radius 3 is 2.48 bits per heavy atom. The number of halogens is 1. The van der Waals surface area contributed by atoms with Crippen molar-refractivity contribution in [1.82, 2.24) is 10.2 Å². The molecule has 106 valence electrons. The summed E-state index contributed by atoms with van der Waals surface area (Å²) in [5, 5.41) is 13.7. The zero-order chi connectivity index (χ0) is 14.7. The van der Waals surface area contributed by atoms with Crippen molar-refractivity contribution in [3.05, 3.63) is 65.6 Å². The van der Waals surface area contributed by atoms with Gasteiger partial charge in [-0.3, -0.25) is 0 Å². The Labute approximate surface area is 122 Å². The number of nitrogens with one attached hydrogen (secondary N) is 1. The highest BCUT2D eigenvalue weighted by Gasteiger charge is 2.06. The van der Waals surface area contributed by atoms with Gasteiger partial charge in [-0.05, 0) is 25.0 Å². The maximum absolute atomic E-state index is 13.6. The summed E-state index contributed by atoms with van der Waals surface area (Å²) >= 11 is 0. The molecule has 0 aliphatic heterocycles. The Bertz CT molecular complexity index is 771. The second-order valence-corrected chi connectivity index (χ2v) is 4.95. The van der Waals surface area contributed by atoms with Crippen molar-refractivity contribution in [2.24, 2.45) is 0 Å². The van der Waals surface area contributed by atoms with Crippen LogP contribution in [0.4, 0.5) is 10.2 Å². The highest BCUT2D eigenvalue weighted by atomic mass is 19.1. The molecule has 3 nitrogen and oxygen atoms in total. The van der Waals surface area contributed by atoms with Crippen molar-refractivity contribution in [3.63, 3.8) is 0 Å². The molecule has 1 heterocycles. The van der Waals surface area contributed by atoms with Crippen molar-refractivity contribution in [2.75, 3.05) is 11.9 Å². The lowest BCUT2D eigenvalue weighted by Crippen LogP contribution is -2.09. The van der Waals surface area contributed by atoms with Gasteiger partial charge in [-0.2, -0.15) is 5.10 Å². The molecule has 0 atom stereocenters. The maximum Gasteiger partial charge on any atom is 0.156 e. The Morgan fingerprint density at radius 1 is 0.952 bits per heavy atom. The topological polar surface area (TPSA) is 37.8 Å². The molecule has 0 amide bonds. The number of anilines is 1. The zero-order valence-corrected chi connectivity index (χ0v) is 11.8. The third-order valence-corrected chi connectivity index (χ3v) is 3.52. The van der Waals surface area contributed by atoms with Crippen LogP contribution in [0.25, 0.3) is 10.8 Å². The van der Waals surface area contributed by atoms with Gasteiger partial charge in [0.1, 0.15) is 5.82 Å². The van der Waals surface area contributed by atoms with Gasteiger partial charge in [-0.1, -0.05) is 42.5 Å². The fourth-order valence-corrected chi connectivity index (χ4v) is 2.39. The number of hydrogen-bond donors (Lipinski definition) is 1. The van der Waals surface area contributed by atoms with Crippen LogP contribution >= 0.6 is 0 Å². The standard InChI is InChI=1S/C17H16FN3/c1-12-14-7-3-4-8-15(14)17(21-20-12)19-11-10-13-6-2-5-9-16(13)18/h2-9H,10-11H2,1H3,(H,19,21). The quantitative estimate of drug-likeness (QED) is 0.791. The van der Waals surface area contributed by atoms with E-state index in [0.717, 1.165) is 22.3 Å². The van der Waals surface area contributed by atoms with E-state index in [-0.39, 0.29) is 5.82 Å². The van der Waals surface area contributed by atoms with Crippen LogP contribution in [0.5, 0.6) is 0 Å². The minimum absolute atomic E-state index is 0.167. The Kier molecular flexibility index (Phi) is 3.77. The smallest absolute Gasteiger partial charge is 0.156 e. The lowest BCUT2D eigenvalue weighted by Gasteiger charge is -2.09. The molecule has 3 rings (SSSR count). The molecular weight excluding hydrogens is 265 g/mol. The molecule has 0 saturated carbocycles. The van der Waals surface area contributed by atoms with Crippen LogP contribution in [0.2, 0.25) is 0 Å². The molecule has 21 heavy (non-hydrogen) atoms. The summed E-state index contributed by atoms with van der Waals surface area (Å²) in [6, 6.07) is 14.8. The normalized spacial score (nSPS) is 10.8. The maximum atomic E-state index is 13.6. The highest BCUT2D eigenvalue weighted by Crippen LogP contribution is 2.22. The van der Waals surface area contributed by atoms with Gasteiger partial charge in [0.2, 0.25) is 0 Å². The van der Waals surface area contributed by atoms with E-state index in [1.165, 1.54) is 6.07 Å². The third-order valence-electron chi connectivity index (χ3n) is 3.52. The van der Waals surface area contributed by atoms with Gasteiger partial charge in [-0.15, -0.1) is 5.10 Å². The zero-order valence-electron chi connectivity index (χ0n) is 11.8. The Hall–Kier alpha value is -2.49. The molecule has 3 aromatic rings. The lowest BCUT2D eigenvalue weighted by molar-refractivity contribution is 0.610. The van der Waals surface area contributed by atoms with E-state index in [1.807, 2.05) is 37.3 Å². The van der Waals surface area contributed by atoms with E-state index < -0.39 is 0 Å². The predicted molar refractivity (Wildman–Crippen MR) is 82.9 cm³/mol. The first-order valence-electron chi connectivity index (χ1n) is 6.95. The van der Waals surface area contributed by atoms with Gasteiger partial charge < -0.3 is 5.32 Å². The van der Waals surface area contributed by atoms with Crippen LogP contribution in [-0.4, -0.2) is 16.7 Å². The van der Waals surface area contributed by atoms with Crippen molar-refractivity contribution >= 4 is 16.6 Å². The third kappa shape index (κ3) is 2.84. The van der Waals surface area contributed by atoms with Gasteiger partial charge in [0, 0.05) is 17.3 Å². The van der Waals surface area contributed by atoms with Crippen LogP contribution in [0.1, 0.15) is 11.3 Å². The Morgan fingerprint density at radius 2 is 1.67 bits per heavy atom. The van der Waals surface area contributed by atoms with Crippen LogP contribution < -0.4 is 5.32 Å². The van der Waals surface area contributed by atoms with Crippen LogP contribution in [0, 0.1) is 12.7 Å². The summed E-state index contributed by atoms with van der Waals surface area (Å²) in [5.41, 5.74) is 1.61. The molecule has 1 aromatic heterocycles. The van der Waals surface area contributed by atoms with E-state index in [9.17, 15) is 4.39 Å². The number of aryl methyl sites for hydroxylation is 1. The summed E-state index contributed by atoms with van der Waals surface area (Å²) < 4.78 is 13.6. The van der Waals surface area contributed by atoms with Crippen LogP contribution in [-0.2, 0) is 6.42 Å². The molecule has 0 bridgehead atoms.